The van der Waals surface area contributed by atoms with Gasteiger partial charge in [-0.25, -0.2) is 0 Å². The summed E-state index contributed by atoms with van der Waals surface area (Å²) in [5.41, 5.74) is 0. The first-order valence-electron chi connectivity index (χ1n) is 3.64. The summed E-state index contributed by atoms with van der Waals surface area (Å²) in [5.74, 6) is 0. The van der Waals surface area contributed by atoms with E-state index in [1.807, 2.05) is 0 Å². The van der Waals surface area contributed by atoms with Crippen LogP contribution in [0, 0.1) is 11.3 Å². The van der Waals surface area contributed by atoms with E-state index >= 15 is 0 Å². The molecule has 2 nitrogen and oxygen atoms in total. The van der Waals surface area contributed by atoms with Crippen molar-refractivity contribution in [3.05, 3.63) is 0 Å². The zero-order valence-electron chi connectivity index (χ0n) is 7.07. The SMILES string of the molecule is C[Si](C)(C)CNCCC#N. The maximum Gasteiger partial charge on any atom is 0.0635 e. The van der Waals surface area contributed by atoms with Crippen LogP contribution in [0.2, 0.25) is 19.6 Å². The van der Waals surface area contributed by atoms with Crippen molar-refractivity contribution in [2.45, 2.75) is 26.1 Å². The monoisotopic (exact) mass is 156 g/mol. The minimum Gasteiger partial charge on any atom is -0.318 e. The Morgan fingerprint density at radius 2 is 2.00 bits per heavy atom. The van der Waals surface area contributed by atoms with Crippen molar-refractivity contribution in [2.24, 2.45) is 0 Å². The third-order valence-electron chi connectivity index (χ3n) is 1.07. The zero-order chi connectivity index (χ0) is 8.04. The molecule has 0 saturated heterocycles. The summed E-state index contributed by atoms with van der Waals surface area (Å²) in [4.78, 5) is 0. The van der Waals surface area contributed by atoms with Gasteiger partial charge in [-0.2, -0.15) is 5.26 Å². The van der Waals surface area contributed by atoms with Gasteiger partial charge in [0.1, 0.15) is 0 Å². The summed E-state index contributed by atoms with van der Waals surface area (Å²) in [5, 5.41) is 11.5. The van der Waals surface area contributed by atoms with Crippen molar-refractivity contribution < 1.29 is 0 Å². The number of nitrogens with zero attached hydrogens (tertiary/aromatic N) is 1. The topological polar surface area (TPSA) is 35.8 Å². The first-order chi connectivity index (χ1) is 4.56. The molecule has 0 radical (unpaired) electrons. The van der Waals surface area contributed by atoms with E-state index in [-0.39, 0.29) is 0 Å². The molecule has 0 saturated carbocycles. The molecule has 0 amide bonds. The number of nitrogens with one attached hydrogen (secondary N) is 1. The van der Waals surface area contributed by atoms with Crippen LogP contribution in [-0.2, 0) is 0 Å². The minimum atomic E-state index is -0.928. The van der Waals surface area contributed by atoms with Gasteiger partial charge in [-0.15, -0.1) is 0 Å². The van der Waals surface area contributed by atoms with Crippen LogP contribution in [0.25, 0.3) is 0 Å². The number of nitriles is 1. The number of rotatable bonds is 4. The molecule has 0 spiro atoms. The van der Waals surface area contributed by atoms with Crippen LogP contribution >= 0.6 is 0 Å². The van der Waals surface area contributed by atoms with Crippen LogP contribution in [0.5, 0.6) is 0 Å². The van der Waals surface area contributed by atoms with Crippen molar-refractivity contribution in [1.82, 2.24) is 5.32 Å². The Morgan fingerprint density at radius 3 is 2.40 bits per heavy atom. The van der Waals surface area contributed by atoms with Gasteiger partial charge in [-0.05, 0) is 6.17 Å². The highest BCUT2D eigenvalue weighted by molar-refractivity contribution is 6.76. The Hall–Kier alpha value is -0.333. The fourth-order valence-corrected chi connectivity index (χ4v) is 1.53. The lowest BCUT2D eigenvalue weighted by Crippen LogP contribution is -2.36. The Kier molecular flexibility index (Phi) is 4.33. The van der Waals surface area contributed by atoms with E-state index in [2.05, 4.69) is 31.0 Å². The summed E-state index contributed by atoms with van der Waals surface area (Å²) in [6.07, 6.45) is 1.75. The highest BCUT2D eigenvalue weighted by Crippen LogP contribution is 1.96. The highest BCUT2D eigenvalue weighted by atomic mass is 28.3. The molecule has 0 aliphatic heterocycles. The minimum absolute atomic E-state index is 0.629. The maximum absolute atomic E-state index is 8.22. The lowest BCUT2D eigenvalue weighted by Gasteiger charge is -2.15. The summed E-state index contributed by atoms with van der Waals surface area (Å²) < 4.78 is 0. The molecule has 0 unspecified atom stereocenters. The predicted octanol–water partition coefficient (Wildman–Crippen LogP) is 1.37. The molecule has 0 rings (SSSR count). The van der Waals surface area contributed by atoms with Gasteiger partial charge in [0, 0.05) is 13.0 Å². The fourth-order valence-electron chi connectivity index (χ4n) is 0.608. The van der Waals surface area contributed by atoms with Gasteiger partial charge in [-0.1, -0.05) is 19.6 Å². The molecule has 0 aromatic carbocycles. The third-order valence-corrected chi connectivity index (χ3v) is 2.38. The Bertz CT molecular complexity index is 121. The molecule has 0 aliphatic carbocycles. The molecule has 10 heavy (non-hydrogen) atoms. The van der Waals surface area contributed by atoms with E-state index in [4.69, 9.17) is 5.26 Å². The molecule has 0 atom stereocenters. The molecule has 0 heterocycles. The molecule has 0 aromatic heterocycles. The molecular weight excluding hydrogens is 140 g/mol. The summed E-state index contributed by atoms with van der Waals surface area (Å²) in [6.45, 7) is 7.78. The second kappa shape index (κ2) is 4.48. The van der Waals surface area contributed by atoms with Crippen LogP contribution in [0.3, 0.4) is 0 Å². The largest absolute Gasteiger partial charge is 0.318 e. The Morgan fingerprint density at radius 1 is 1.40 bits per heavy atom. The molecule has 0 aliphatic rings. The highest BCUT2D eigenvalue weighted by Gasteiger charge is 2.10. The van der Waals surface area contributed by atoms with Gasteiger partial charge in [0.25, 0.3) is 0 Å². The van der Waals surface area contributed by atoms with Crippen molar-refractivity contribution >= 4 is 8.07 Å². The summed E-state index contributed by atoms with van der Waals surface area (Å²) in [7, 11) is -0.928. The second-order valence-electron chi connectivity index (χ2n) is 3.65. The third kappa shape index (κ3) is 7.67. The lowest BCUT2D eigenvalue weighted by molar-refractivity contribution is 0.777. The molecule has 0 fully saturated rings. The fraction of sp³-hybridized carbons (Fsp3) is 0.857. The van der Waals surface area contributed by atoms with E-state index in [1.54, 1.807) is 0 Å². The van der Waals surface area contributed by atoms with E-state index in [9.17, 15) is 0 Å². The molecule has 1 N–H and O–H groups in total. The van der Waals surface area contributed by atoms with Crippen LogP contribution < -0.4 is 5.32 Å². The van der Waals surface area contributed by atoms with Crippen molar-refractivity contribution in [3.8, 4) is 6.07 Å². The summed E-state index contributed by atoms with van der Waals surface area (Å²) >= 11 is 0. The van der Waals surface area contributed by atoms with Crippen LogP contribution in [0.4, 0.5) is 0 Å². The van der Waals surface area contributed by atoms with Crippen LogP contribution in [0.1, 0.15) is 6.42 Å². The predicted molar refractivity (Wildman–Crippen MR) is 46.4 cm³/mol. The average molecular weight is 156 g/mol. The molecular formula is C7H16N2Si. The van der Waals surface area contributed by atoms with E-state index in [0.717, 1.165) is 12.7 Å². The van der Waals surface area contributed by atoms with Crippen LogP contribution in [-0.4, -0.2) is 20.8 Å². The quantitative estimate of drug-likeness (QED) is 0.493. The van der Waals surface area contributed by atoms with Crippen molar-refractivity contribution in [2.75, 3.05) is 12.7 Å². The van der Waals surface area contributed by atoms with Crippen molar-refractivity contribution in [3.63, 3.8) is 0 Å². The standard InChI is InChI=1S/C7H16N2Si/c1-10(2,3)7-9-6-4-5-8/h9H,4,6-7H2,1-3H3. The van der Waals surface area contributed by atoms with Gasteiger partial charge in [0.2, 0.25) is 0 Å². The van der Waals surface area contributed by atoms with E-state index < -0.39 is 8.07 Å². The molecule has 0 aromatic rings. The van der Waals surface area contributed by atoms with E-state index in [0.29, 0.717) is 6.42 Å². The first-order valence-corrected chi connectivity index (χ1v) is 7.34. The first kappa shape index (κ1) is 9.67. The lowest BCUT2D eigenvalue weighted by atomic mass is 10.5. The van der Waals surface area contributed by atoms with Gasteiger partial charge < -0.3 is 5.32 Å². The molecule has 58 valence electrons. The van der Waals surface area contributed by atoms with Gasteiger partial charge >= 0.3 is 0 Å². The number of hydrogen-bond acceptors (Lipinski definition) is 2. The Balaban J connectivity index is 3.14. The normalized spacial score (nSPS) is 11.0. The second-order valence-corrected chi connectivity index (χ2v) is 9.12. The van der Waals surface area contributed by atoms with E-state index in [1.165, 1.54) is 0 Å². The smallest absolute Gasteiger partial charge is 0.0635 e. The van der Waals surface area contributed by atoms with Crippen molar-refractivity contribution in [1.29, 1.82) is 5.26 Å². The zero-order valence-corrected chi connectivity index (χ0v) is 8.07. The average Bonchev–Trinajstić information content (AvgIpc) is 1.78. The number of hydrogen-bond donors (Lipinski definition) is 1. The molecule has 0 bridgehead atoms. The van der Waals surface area contributed by atoms with Gasteiger partial charge in [0.05, 0.1) is 14.1 Å². The maximum atomic E-state index is 8.22. The summed E-state index contributed by atoms with van der Waals surface area (Å²) in [6, 6.07) is 2.11. The van der Waals surface area contributed by atoms with Crippen LogP contribution in [0.15, 0.2) is 0 Å². The molecule has 3 heteroatoms. The Labute approximate surface area is 64.3 Å². The van der Waals surface area contributed by atoms with Gasteiger partial charge in [-0.3, -0.25) is 0 Å². The van der Waals surface area contributed by atoms with Gasteiger partial charge in [0.15, 0.2) is 0 Å².